The summed E-state index contributed by atoms with van der Waals surface area (Å²) in [6.07, 6.45) is 22.4. The maximum Gasteiger partial charge on any atom is 0.0540 e. The van der Waals surface area contributed by atoms with Gasteiger partial charge in [-0.05, 0) is 104 Å². The van der Waals surface area contributed by atoms with Gasteiger partial charge in [-0.3, -0.25) is 0 Å². The van der Waals surface area contributed by atoms with Crippen molar-refractivity contribution in [3.8, 4) is 0 Å². The van der Waals surface area contributed by atoms with Gasteiger partial charge in [-0.2, -0.15) is 0 Å². The van der Waals surface area contributed by atoms with Crippen LogP contribution in [-0.4, -0.2) is 15.6 Å². The van der Waals surface area contributed by atoms with Gasteiger partial charge in [0, 0.05) is 0 Å². The zero-order valence-corrected chi connectivity index (χ0v) is 25.7. The van der Waals surface area contributed by atoms with E-state index in [0.29, 0.717) is 5.41 Å². The van der Waals surface area contributed by atoms with E-state index in [9.17, 15) is 5.11 Å². The van der Waals surface area contributed by atoms with Gasteiger partial charge in [-0.1, -0.05) is 109 Å². The average molecular weight is 577 g/mol. The number of unbranched alkanes of at least 4 members (excludes halogenated alkanes) is 1. The molecule has 1 N–H and O–H groups in total. The number of alkyl halides is 1. The molecule has 1 aliphatic carbocycles. The van der Waals surface area contributed by atoms with Crippen molar-refractivity contribution in [2.45, 2.75) is 157 Å². The largest absolute Gasteiger partial charge is 0.393 e. The number of aliphatic hydroxyl groups excluding tert-OH is 1. The van der Waals surface area contributed by atoms with Gasteiger partial charge in [-0.25, -0.2) is 0 Å². The van der Waals surface area contributed by atoms with E-state index in [1.807, 2.05) is 0 Å². The SMILES string of the molecule is CCCCC(C)CC1CCC(CCC(O)CCC(C)(C)CCC[C@H](CC)CCCI)C[C@@H]1C. The predicted molar refractivity (Wildman–Crippen MR) is 157 cm³/mol. The standard InChI is InChI=1S/C31H61IO/c1-7-9-12-25(3)23-29-17-15-28(24-26(29)4)16-18-30(33)19-21-31(5,6)20-10-13-27(8-2)14-11-22-32/h25-30,33H,7-24H2,1-6H3/t25?,26-,27-,28?,29?,30?/m0/s1. The number of halogens is 1. The third-order valence-electron chi connectivity index (χ3n) is 9.06. The predicted octanol–water partition coefficient (Wildman–Crippen LogP) is 10.6. The van der Waals surface area contributed by atoms with Crippen LogP contribution in [-0.2, 0) is 0 Å². The van der Waals surface area contributed by atoms with Crippen molar-refractivity contribution in [2.24, 2.45) is 35.0 Å². The Kier molecular flexibility index (Phi) is 17.3. The van der Waals surface area contributed by atoms with Gasteiger partial charge in [0.15, 0.2) is 0 Å². The topological polar surface area (TPSA) is 20.2 Å². The quantitative estimate of drug-likeness (QED) is 0.120. The molecule has 6 atom stereocenters. The van der Waals surface area contributed by atoms with Crippen molar-refractivity contribution < 1.29 is 5.11 Å². The highest BCUT2D eigenvalue weighted by Gasteiger charge is 2.29. The molecule has 0 bridgehead atoms. The Hall–Kier alpha value is 0.690. The molecule has 0 radical (unpaired) electrons. The van der Waals surface area contributed by atoms with Crippen molar-refractivity contribution in [1.29, 1.82) is 0 Å². The lowest BCUT2D eigenvalue weighted by molar-refractivity contribution is 0.106. The van der Waals surface area contributed by atoms with E-state index in [0.717, 1.165) is 42.4 Å². The Bertz CT molecular complexity index is 462. The van der Waals surface area contributed by atoms with Gasteiger partial charge in [-0.15, -0.1) is 0 Å². The minimum absolute atomic E-state index is 0.0848. The summed E-state index contributed by atoms with van der Waals surface area (Å²) in [5.41, 5.74) is 0.379. The fraction of sp³-hybridized carbons (Fsp3) is 1.00. The van der Waals surface area contributed by atoms with E-state index in [1.54, 1.807) is 0 Å². The molecule has 4 unspecified atom stereocenters. The third kappa shape index (κ3) is 14.7. The molecule has 0 aromatic heterocycles. The summed E-state index contributed by atoms with van der Waals surface area (Å²) in [6.45, 7) is 14.5. The van der Waals surface area contributed by atoms with Crippen LogP contribution >= 0.6 is 22.6 Å². The van der Waals surface area contributed by atoms with E-state index in [1.165, 1.54) is 101 Å². The average Bonchev–Trinajstić information content (AvgIpc) is 2.78. The molecule has 33 heavy (non-hydrogen) atoms. The lowest BCUT2D eigenvalue weighted by Crippen LogP contribution is -2.25. The van der Waals surface area contributed by atoms with E-state index < -0.39 is 0 Å². The summed E-state index contributed by atoms with van der Waals surface area (Å²) < 4.78 is 1.30. The van der Waals surface area contributed by atoms with Crippen LogP contribution in [0.2, 0.25) is 0 Å². The fourth-order valence-corrected chi connectivity index (χ4v) is 6.85. The molecule has 0 amide bonds. The van der Waals surface area contributed by atoms with Gasteiger partial charge in [0.25, 0.3) is 0 Å². The van der Waals surface area contributed by atoms with Crippen LogP contribution in [0.3, 0.4) is 0 Å². The van der Waals surface area contributed by atoms with E-state index in [2.05, 4.69) is 64.1 Å². The van der Waals surface area contributed by atoms with Crippen molar-refractivity contribution in [1.82, 2.24) is 0 Å². The first-order valence-corrected chi connectivity index (χ1v) is 16.5. The lowest BCUT2D eigenvalue weighted by Gasteiger charge is -2.36. The summed E-state index contributed by atoms with van der Waals surface area (Å²) in [5, 5.41) is 10.7. The van der Waals surface area contributed by atoms with Crippen LogP contribution in [0.1, 0.15) is 151 Å². The molecule has 1 nitrogen and oxygen atoms in total. The molecule has 1 fully saturated rings. The summed E-state index contributed by atoms with van der Waals surface area (Å²) in [7, 11) is 0. The number of aliphatic hydroxyl groups is 1. The molecule has 2 heteroatoms. The molecule has 0 heterocycles. The van der Waals surface area contributed by atoms with Crippen LogP contribution in [0.15, 0.2) is 0 Å². The maximum absolute atomic E-state index is 10.7. The molecule has 1 rings (SSSR count). The summed E-state index contributed by atoms with van der Waals surface area (Å²) in [4.78, 5) is 0. The van der Waals surface area contributed by atoms with Crippen LogP contribution in [0.5, 0.6) is 0 Å². The zero-order valence-electron chi connectivity index (χ0n) is 23.5. The normalized spacial score (nSPS) is 24.5. The summed E-state index contributed by atoms with van der Waals surface area (Å²) in [5.74, 6) is 4.53. The Balaban J connectivity index is 2.22. The molecule has 0 spiro atoms. The molecule has 0 aliphatic heterocycles. The van der Waals surface area contributed by atoms with Crippen molar-refractivity contribution in [2.75, 3.05) is 4.43 Å². The highest BCUT2D eigenvalue weighted by molar-refractivity contribution is 14.1. The van der Waals surface area contributed by atoms with Crippen LogP contribution in [0.25, 0.3) is 0 Å². The van der Waals surface area contributed by atoms with Gasteiger partial charge in [0.05, 0.1) is 6.10 Å². The number of hydrogen-bond acceptors (Lipinski definition) is 1. The van der Waals surface area contributed by atoms with Gasteiger partial charge < -0.3 is 5.11 Å². The monoisotopic (exact) mass is 576 g/mol. The van der Waals surface area contributed by atoms with Gasteiger partial charge in [0.1, 0.15) is 0 Å². The lowest BCUT2D eigenvalue weighted by atomic mass is 9.70. The number of rotatable bonds is 19. The zero-order chi connectivity index (χ0) is 24.7. The molecule has 0 saturated heterocycles. The highest BCUT2D eigenvalue weighted by atomic mass is 127. The molecule has 198 valence electrons. The Labute approximate surface area is 223 Å². The minimum Gasteiger partial charge on any atom is -0.393 e. The van der Waals surface area contributed by atoms with Crippen molar-refractivity contribution >= 4 is 22.6 Å². The number of hydrogen-bond donors (Lipinski definition) is 1. The summed E-state index contributed by atoms with van der Waals surface area (Å²) >= 11 is 2.51. The molecular weight excluding hydrogens is 515 g/mol. The molecule has 0 aromatic carbocycles. The van der Waals surface area contributed by atoms with Crippen LogP contribution in [0, 0.1) is 35.0 Å². The fourth-order valence-electron chi connectivity index (χ4n) is 6.41. The molecular formula is C31H61IO. The van der Waals surface area contributed by atoms with E-state index >= 15 is 0 Å². The Morgan fingerprint density at radius 2 is 1.67 bits per heavy atom. The Morgan fingerprint density at radius 3 is 2.30 bits per heavy atom. The summed E-state index contributed by atoms with van der Waals surface area (Å²) in [6, 6.07) is 0. The Morgan fingerprint density at radius 1 is 0.939 bits per heavy atom. The highest BCUT2D eigenvalue weighted by Crippen LogP contribution is 2.40. The van der Waals surface area contributed by atoms with E-state index in [-0.39, 0.29) is 6.10 Å². The second-order valence-electron chi connectivity index (χ2n) is 12.8. The molecule has 1 aliphatic rings. The maximum atomic E-state index is 10.7. The van der Waals surface area contributed by atoms with Crippen LogP contribution < -0.4 is 0 Å². The van der Waals surface area contributed by atoms with Crippen LogP contribution in [0.4, 0.5) is 0 Å². The minimum atomic E-state index is -0.0848. The van der Waals surface area contributed by atoms with E-state index in [4.69, 9.17) is 0 Å². The van der Waals surface area contributed by atoms with Gasteiger partial charge in [0.2, 0.25) is 0 Å². The first-order chi connectivity index (χ1) is 15.7. The first-order valence-electron chi connectivity index (χ1n) is 14.9. The second-order valence-corrected chi connectivity index (χ2v) is 13.9. The smallest absolute Gasteiger partial charge is 0.0540 e. The third-order valence-corrected chi connectivity index (χ3v) is 9.83. The van der Waals surface area contributed by atoms with Crippen molar-refractivity contribution in [3.05, 3.63) is 0 Å². The first kappa shape index (κ1) is 31.7. The second kappa shape index (κ2) is 18.0. The molecule has 0 aromatic rings. The molecule has 1 saturated carbocycles. The van der Waals surface area contributed by atoms with Crippen molar-refractivity contribution in [3.63, 3.8) is 0 Å². The van der Waals surface area contributed by atoms with Gasteiger partial charge >= 0.3 is 0 Å².